The average molecular weight is 262 g/mol. The Morgan fingerprint density at radius 1 is 1.53 bits per heavy atom. The van der Waals surface area contributed by atoms with Gasteiger partial charge in [-0.2, -0.15) is 0 Å². The molecule has 0 atom stereocenters. The number of hydrogen-bond donors (Lipinski definition) is 2. The Morgan fingerprint density at radius 2 is 2.32 bits per heavy atom. The highest BCUT2D eigenvalue weighted by molar-refractivity contribution is 5.90. The predicted molar refractivity (Wildman–Crippen MR) is 76.1 cm³/mol. The topological polar surface area (TPSA) is 57.3 Å². The summed E-state index contributed by atoms with van der Waals surface area (Å²) in [5.41, 5.74) is 0.570. The lowest BCUT2D eigenvalue weighted by atomic mass is 9.98. The number of nitrogens with zero attached hydrogens (tertiary/aromatic N) is 2. The molecule has 2 N–H and O–H groups in total. The Labute approximate surface area is 114 Å². The third-order valence-electron chi connectivity index (χ3n) is 3.54. The summed E-state index contributed by atoms with van der Waals surface area (Å²) in [7, 11) is 0. The van der Waals surface area contributed by atoms with Gasteiger partial charge in [0.1, 0.15) is 11.4 Å². The zero-order valence-electron chi connectivity index (χ0n) is 11.9. The van der Waals surface area contributed by atoms with Crippen molar-refractivity contribution in [1.82, 2.24) is 15.6 Å². The van der Waals surface area contributed by atoms with Gasteiger partial charge >= 0.3 is 0 Å². The van der Waals surface area contributed by atoms with E-state index in [1.54, 1.807) is 6.20 Å². The normalized spacial score (nSPS) is 18.3. The first-order valence-corrected chi connectivity index (χ1v) is 6.78. The predicted octanol–water partition coefficient (Wildman–Crippen LogP) is 0.906. The number of pyridine rings is 1. The number of hydrogen-bond acceptors (Lipinski definition) is 4. The van der Waals surface area contributed by atoms with Gasteiger partial charge in [0.25, 0.3) is 0 Å². The summed E-state index contributed by atoms with van der Waals surface area (Å²) in [6.07, 6.45) is 1.79. The van der Waals surface area contributed by atoms with Crippen molar-refractivity contribution >= 4 is 11.7 Å². The minimum absolute atomic E-state index is 0.0544. The third kappa shape index (κ3) is 2.71. The number of piperazine rings is 1. The second kappa shape index (κ2) is 5.57. The Hall–Kier alpha value is -1.62. The fourth-order valence-electron chi connectivity index (χ4n) is 2.34. The van der Waals surface area contributed by atoms with Gasteiger partial charge in [0.2, 0.25) is 5.91 Å². The van der Waals surface area contributed by atoms with Crippen LogP contribution in [0.2, 0.25) is 0 Å². The highest BCUT2D eigenvalue weighted by Gasteiger charge is 2.38. The molecule has 0 radical (unpaired) electrons. The Morgan fingerprint density at radius 3 is 3.05 bits per heavy atom. The van der Waals surface area contributed by atoms with Crippen LogP contribution >= 0.6 is 0 Å². The van der Waals surface area contributed by atoms with E-state index in [2.05, 4.69) is 33.5 Å². The van der Waals surface area contributed by atoms with Gasteiger partial charge in [-0.3, -0.25) is 4.79 Å². The van der Waals surface area contributed by atoms with Gasteiger partial charge in [-0.25, -0.2) is 4.98 Å². The lowest BCUT2D eigenvalue weighted by molar-refractivity contribution is -0.126. The molecule has 5 nitrogen and oxygen atoms in total. The van der Waals surface area contributed by atoms with Crippen LogP contribution < -0.4 is 15.5 Å². The second-order valence-corrected chi connectivity index (χ2v) is 5.23. The molecule has 2 rings (SSSR count). The van der Waals surface area contributed by atoms with Crippen molar-refractivity contribution in [2.75, 3.05) is 24.5 Å². The maximum atomic E-state index is 12.0. The minimum atomic E-state index is -0.562. The molecule has 1 aromatic rings. The summed E-state index contributed by atoms with van der Waals surface area (Å²) in [4.78, 5) is 18.6. The van der Waals surface area contributed by atoms with Gasteiger partial charge in [-0.05, 0) is 26.5 Å². The molecule has 5 heteroatoms. The van der Waals surface area contributed by atoms with Gasteiger partial charge in [0, 0.05) is 31.4 Å². The Kier molecular flexibility index (Phi) is 4.04. The number of rotatable bonds is 4. The van der Waals surface area contributed by atoms with Gasteiger partial charge in [0.05, 0.1) is 0 Å². The molecule has 19 heavy (non-hydrogen) atoms. The van der Waals surface area contributed by atoms with Gasteiger partial charge in [-0.15, -0.1) is 0 Å². The molecule has 0 saturated carbocycles. The van der Waals surface area contributed by atoms with E-state index in [-0.39, 0.29) is 5.91 Å². The maximum absolute atomic E-state index is 12.0. The lowest BCUT2D eigenvalue weighted by Crippen LogP contribution is -2.62. The van der Waals surface area contributed by atoms with Crippen LogP contribution in [0.4, 0.5) is 5.82 Å². The molecule has 1 aliphatic heterocycles. The fourth-order valence-corrected chi connectivity index (χ4v) is 2.34. The van der Waals surface area contributed by atoms with E-state index in [1.165, 1.54) is 0 Å². The number of nitrogens with one attached hydrogen (secondary N) is 2. The number of amides is 1. The van der Waals surface area contributed by atoms with Crippen molar-refractivity contribution in [2.24, 2.45) is 0 Å². The summed E-state index contributed by atoms with van der Waals surface area (Å²) >= 11 is 0. The smallest absolute Gasteiger partial charge is 0.245 e. The van der Waals surface area contributed by atoms with E-state index < -0.39 is 5.54 Å². The molecule has 1 fully saturated rings. The quantitative estimate of drug-likeness (QED) is 0.846. The van der Waals surface area contributed by atoms with Crippen LogP contribution in [-0.4, -0.2) is 36.1 Å². The summed E-state index contributed by atoms with van der Waals surface area (Å²) < 4.78 is 0. The van der Waals surface area contributed by atoms with Crippen molar-refractivity contribution in [3.8, 4) is 0 Å². The van der Waals surface area contributed by atoms with Crippen LogP contribution in [0.25, 0.3) is 0 Å². The first-order chi connectivity index (χ1) is 9.07. The fraction of sp³-hybridized carbons (Fsp3) is 0.571. The Balaban J connectivity index is 2.32. The number of carbonyl (C=O) groups excluding carboxylic acids is 1. The third-order valence-corrected chi connectivity index (χ3v) is 3.54. The molecule has 0 aromatic carbocycles. The maximum Gasteiger partial charge on any atom is 0.245 e. The van der Waals surface area contributed by atoms with Crippen molar-refractivity contribution in [2.45, 2.75) is 32.9 Å². The van der Waals surface area contributed by atoms with Crippen LogP contribution in [0, 0.1) is 0 Å². The standard InChI is InChI=1S/C14H22N4O/c1-4-15-10-11-6-5-7-16-12(11)18-9-8-17-13(19)14(18,2)3/h5-7,15H,4,8-10H2,1-3H3,(H,17,19). The molecule has 1 aromatic heterocycles. The molecular formula is C14H22N4O. The minimum Gasteiger partial charge on any atom is -0.352 e. The van der Waals surface area contributed by atoms with Crippen LogP contribution in [-0.2, 0) is 11.3 Å². The zero-order valence-corrected chi connectivity index (χ0v) is 11.9. The van der Waals surface area contributed by atoms with Crippen LogP contribution in [0.5, 0.6) is 0 Å². The van der Waals surface area contributed by atoms with Crippen molar-refractivity contribution in [3.05, 3.63) is 23.9 Å². The number of anilines is 1. The molecule has 1 amide bonds. The highest BCUT2D eigenvalue weighted by atomic mass is 16.2. The van der Waals surface area contributed by atoms with E-state index in [9.17, 15) is 4.79 Å². The highest BCUT2D eigenvalue weighted by Crippen LogP contribution is 2.27. The molecular weight excluding hydrogens is 240 g/mol. The second-order valence-electron chi connectivity index (χ2n) is 5.23. The largest absolute Gasteiger partial charge is 0.352 e. The summed E-state index contributed by atoms with van der Waals surface area (Å²) in [6.45, 7) is 9.09. The van der Waals surface area contributed by atoms with Gasteiger partial charge in [0.15, 0.2) is 0 Å². The molecule has 0 unspecified atom stereocenters. The van der Waals surface area contributed by atoms with E-state index in [1.807, 2.05) is 19.9 Å². The number of carbonyl (C=O) groups is 1. The van der Waals surface area contributed by atoms with E-state index in [0.717, 1.165) is 31.0 Å². The average Bonchev–Trinajstić information content (AvgIpc) is 2.40. The molecule has 1 saturated heterocycles. The van der Waals surface area contributed by atoms with Crippen LogP contribution in [0.15, 0.2) is 18.3 Å². The lowest BCUT2D eigenvalue weighted by Gasteiger charge is -2.42. The SMILES string of the molecule is CCNCc1cccnc1N1CCNC(=O)C1(C)C. The first kappa shape index (κ1) is 13.8. The van der Waals surface area contributed by atoms with Crippen molar-refractivity contribution < 1.29 is 4.79 Å². The summed E-state index contributed by atoms with van der Waals surface area (Å²) in [5.74, 6) is 0.960. The zero-order chi connectivity index (χ0) is 13.9. The van der Waals surface area contributed by atoms with Gasteiger partial charge in [-0.1, -0.05) is 13.0 Å². The molecule has 104 valence electrons. The van der Waals surface area contributed by atoms with Crippen molar-refractivity contribution in [1.29, 1.82) is 0 Å². The number of aromatic nitrogens is 1. The van der Waals surface area contributed by atoms with E-state index in [4.69, 9.17) is 0 Å². The van der Waals surface area contributed by atoms with E-state index in [0.29, 0.717) is 6.54 Å². The molecule has 2 heterocycles. The summed E-state index contributed by atoms with van der Waals surface area (Å²) in [5, 5.41) is 6.23. The van der Waals surface area contributed by atoms with E-state index >= 15 is 0 Å². The van der Waals surface area contributed by atoms with Crippen LogP contribution in [0.1, 0.15) is 26.3 Å². The monoisotopic (exact) mass is 262 g/mol. The van der Waals surface area contributed by atoms with Crippen molar-refractivity contribution in [3.63, 3.8) is 0 Å². The molecule has 0 bridgehead atoms. The summed E-state index contributed by atoms with van der Waals surface area (Å²) in [6, 6.07) is 4.00. The molecule has 0 aliphatic carbocycles. The van der Waals surface area contributed by atoms with Crippen LogP contribution in [0.3, 0.4) is 0 Å². The first-order valence-electron chi connectivity index (χ1n) is 6.78. The molecule has 0 spiro atoms. The Bertz CT molecular complexity index is 459. The molecule has 1 aliphatic rings. The van der Waals surface area contributed by atoms with Gasteiger partial charge < -0.3 is 15.5 Å².